The lowest BCUT2D eigenvalue weighted by Gasteiger charge is -2.58. The van der Waals surface area contributed by atoms with Gasteiger partial charge in [-0.15, -0.1) is 0 Å². The van der Waals surface area contributed by atoms with E-state index < -0.39 is 0 Å². The molecule has 4 aliphatic carbocycles. The van der Waals surface area contributed by atoms with Crippen molar-refractivity contribution in [3.63, 3.8) is 0 Å². The average molecular weight is 576 g/mol. The minimum atomic E-state index is -0.129. The Morgan fingerprint density at radius 2 is 1.68 bits per heavy atom. The number of unbranched alkanes of at least 4 members (excludes halogenated alkanes) is 2. The first-order valence-electron chi connectivity index (χ1n) is 15.8. The van der Waals surface area contributed by atoms with E-state index in [1.807, 2.05) is 12.1 Å². The number of phenols is 1. The zero-order valence-electron chi connectivity index (χ0n) is 24.2. The molecule has 0 spiro atoms. The summed E-state index contributed by atoms with van der Waals surface area (Å²) < 4.78 is 0.869. The van der Waals surface area contributed by atoms with Gasteiger partial charge in [0, 0.05) is 26.1 Å². The van der Waals surface area contributed by atoms with Crippen LogP contribution in [0.25, 0.3) is 10.2 Å². The van der Waals surface area contributed by atoms with Crippen LogP contribution in [-0.4, -0.2) is 47.1 Å². The predicted molar refractivity (Wildman–Crippen MR) is 166 cm³/mol. The number of nitrogens with zero attached hydrogens (tertiary/aromatic N) is 1. The van der Waals surface area contributed by atoms with Crippen LogP contribution in [0, 0.1) is 23.2 Å². The number of H-pyrrole nitrogens is 1. The van der Waals surface area contributed by atoms with Crippen molar-refractivity contribution in [3.8, 4) is 5.75 Å². The third kappa shape index (κ3) is 6.89. The summed E-state index contributed by atoms with van der Waals surface area (Å²) in [6, 6.07) is 14.1. The molecule has 2 aromatic carbocycles. The molecule has 6 nitrogen and oxygen atoms in total. The molecule has 0 radical (unpaired) electrons. The Labute approximate surface area is 247 Å². The van der Waals surface area contributed by atoms with Crippen LogP contribution in [0.3, 0.4) is 0 Å². The van der Waals surface area contributed by atoms with Gasteiger partial charge in [0.15, 0.2) is 0 Å². The summed E-state index contributed by atoms with van der Waals surface area (Å²) in [7, 11) is 0. The number of aromatic hydroxyl groups is 1. The van der Waals surface area contributed by atoms with Gasteiger partial charge in [0.05, 0.1) is 4.70 Å². The summed E-state index contributed by atoms with van der Waals surface area (Å²) in [5.41, 5.74) is 3.36. The number of aryl methyl sites for hydroxylation is 1. The summed E-state index contributed by atoms with van der Waals surface area (Å²) in [5, 5.41) is 13.6. The van der Waals surface area contributed by atoms with Crippen LogP contribution in [0.4, 0.5) is 0 Å². The molecule has 3 N–H and O–H groups in total. The third-order valence-electron chi connectivity index (χ3n) is 10.0. The number of benzene rings is 2. The maximum atomic E-state index is 13.6. The zero-order valence-corrected chi connectivity index (χ0v) is 25.0. The summed E-state index contributed by atoms with van der Waals surface area (Å²) in [5.74, 6) is 3.12. The molecule has 7 rings (SSSR count). The molecule has 7 heteroatoms. The van der Waals surface area contributed by atoms with Crippen molar-refractivity contribution in [1.82, 2.24) is 15.2 Å². The Morgan fingerprint density at radius 3 is 2.41 bits per heavy atom. The average Bonchev–Trinajstić information content (AvgIpc) is 3.35. The third-order valence-corrected chi connectivity index (χ3v) is 11.0. The molecule has 1 aromatic heterocycles. The molecule has 0 saturated heterocycles. The van der Waals surface area contributed by atoms with Crippen LogP contribution in [-0.2, 0) is 17.6 Å². The number of amides is 1. The number of thiazole rings is 1. The smallest absolute Gasteiger partial charge is 0.305 e. The van der Waals surface area contributed by atoms with E-state index in [4.69, 9.17) is 0 Å². The molecule has 4 aliphatic rings. The van der Waals surface area contributed by atoms with E-state index in [2.05, 4.69) is 39.5 Å². The molecular weight excluding hydrogens is 530 g/mol. The Hall–Kier alpha value is -2.64. The lowest BCUT2D eigenvalue weighted by molar-refractivity contribution is -0.137. The molecule has 1 heterocycles. The Balaban J connectivity index is 1.02. The SMILES string of the molecule is O=C(CCNCCc1ccccc1)N(CCCCCc1ccc(O)c2[nH]c(=O)sc12)CC12CC3CC(CC(C3)C1)C2. The van der Waals surface area contributed by atoms with Crippen LogP contribution in [0.2, 0.25) is 0 Å². The number of fused-ring (bicyclic) bond motifs is 1. The number of carbonyl (C=O) groups is 1. The lowest BCUT2D eigenvalue weighted by atomic mass is 9.49. The molecule has 0 aliphatic heterocycles. The maximum absolute atomic E-state index is 13.6. The van der Waals surface area contributed by atoms with E-state index in [1.165, 1.54) is 55.4 Å². The van der Waals surface area contributed by atoms with Crippen molar-refractivity contribution >= 4 is 27.5 Å². The highest BCUT2D eigenvalue weighted by Gasteiger charge is 2.51. The fourth-order valence-electron chi connectivity index (χ4n) is 8.60. The second-order valence-corrected chi connectivity index (χ2v) is 14.2. The molecule has 4 bridgehead atoms. The zero-order chi connectivity index (χ0) is 28.2. The first-order chi connectivity index (χ1) is 20.0. The second-order valence-electron chi connectivity index (χ2n) is 13.2. The van der Waals surface area contributed by atoms with Crippen molar-refractivity contribution in [2.75, 3.05) is 26.2 Å². The van der Waals surface area contributed by atoms with Crippen molar-refractivity contribution in [2.24, 2.45) is 23.2 Å². The Morgan fingerprint density at radius 1 is 0.951 bits per heavy atom. The van der Waals surface area contributed by atoms with E-state index in [0.29, 0.717) is 23.3 Å². The van der Waals surface area contributed by atoms with Gasteiger partial charge < -0.3 is 20.3 Å². The summed E-state index contributed by atoms with van der Waals surface area (Å²) >= 11 is 1.18. The highest BCUT2D eigenvalue weighted by atomic mass is 32.1. The highest BCUT2D eigenvalue weighted by molar-refractivity contribution is 7.16. The van der Waals surface area contributed by atoms with Crippen LogP contribution in [0.1, 0.15) is 75.3 Å². The largest absolute Gasteiger partial charge is 0.506 e. The number of hydrogen-bond donors (Lipinski definition) is 3. The van der Waals surface area contributed by atoms with Gasteiger partial charge in [0.1, 0.15) is 11.3 Å². The number of aromatic nitrogens is 1. The molecule has 0 unspecified atom stereocenters. The van der Waals surface area contributed by atoms with Gasteiger partial charge in [-0.1, -0.05) is 54.2 Å². The van der Waals surface area contributed by atoms with Crippen LogP contribution >= 0.6 is 11.3 Å². The number of carbonyl (C=O) groups excluding carboxylic acids is 1. The first kappa shape index (κ1) is 28.5. The molecule has 1 amide bonds. The minimum Gasteiger partial charge on any atom is -0.506 e. The molecule has 41 heavy (non-hydrogen) atoms. The Kier molecular flexibility index (Phi) is 8.82. The van der Waals surface area contributed by atoms with Gasteiger partial charge in [0.25, 0.3) is 0 Å². The summed E-state index contributed by atoms with van der Waals surface area (Å²) in [4.78, 5) is 30.3. The molecule has 220 valence electrons. The van der Waals surface area contributed by atoms with Gasteiger partial charge in [-0.25, -0.2) is 0 Å². The van der Waals surface area contributed by atoms with Crippen molar-refractivity contribution in [3.05, 3.63) is 63.3 Å². The van der Waals surface area contributed by atoms with Gasteiger partial charge in [-0.05, 0) is 111 Å². The molecular formula is C34H45N3O3S. The fourth-order valence-corrected chi connectivity index (χ4v) is 9.50. The van der Waals surface area contributed by atoms with Gasteiger partial charge >= 0.3 is 4.87 Å². The van der Waals surface area contributed by atoms with Crippen LogP contribution in [0.15, 0.2) is 47.3 Å². The quantitative estimate of drug-likeness (QED) is 0.198. The highest BCUT2D eigenvalue weighted by Crippen LogP contribution is 2.60. The Bertz CT molecular complexity index is 1350. The summed E-state index contributed by atoms with van der Waals surface area (Å²) in [6.07, 6.45) is 13.8. The standard InChI is InChI=1S/C34H45N3O3S/c38-29-11-10-28(32-31(29)36-33(40)41-32)9-5-2-6-16-37(23-34-20-25-17-26(21-34)19-27(18-25)22-34)30(39)13-15-35-14-12-24-7-3-1-4-8-24/h1,3-4,7-8,10-11,25-27,35,38H,2,5-6,9,12-23H2,(H,36,40). The predicted octanol–water partition coefficient (Wildman–Crippen LogP) is 6.28. The number of nitrogens with one attached hydrogen (secondary N) is 2. The van der Waals surface area contributed by atoms with Gasteiger partial charge in [-0.3, -0.25) is 9.59 Å². The van der Waals surface area contributed by atoms with Gasteiger partial charge in [0.2, 0.25) is 5.91 Å². The number of hydrogen-bond acceptors (Lipinski definition) is 5. The van der Waals surface area contributed by atoms with Crippen molar-refractivity contribution < 1.29 is 9.90 Å². The number of phenolic OH excluding ortho intramolecular Hbond substituents is 1. The van der Waals surface area contributed by atoms with E-state index in [9.17, 15) is 14.7 Å². The van der Waals surface area contributed by atoms with Crippen LogP contribution < -0.4 is 10.2 Å². The van der Waals surface area contributed by atoms with Crippen molar-refractivity contribution in [2.45, 2.75) is 77.0 Å². The molecule has 3 aromatic rings. The lowest BCUT2D eigenvalue weighted by Crippen LogP contribution is -2.52. The normalized spacial score (nSPS) is 24.7. The maximum Gasteiger partial charge on any atom is 0.305 e. The fraction of sp³-hybridized carbons (Fsp3) is 0.588. The van der Waals surface area contributed by atoms with Crippen LogP contribution in [0.5, 0.6) is 5.75 Å². The molecule has 0 atom stereocenters. The number of aromatic amines is 1. The molecule has 4 fully saturated rings. The first-order valence-corrected chi connectivity index (χ1v) is 16.6. The van der Waals surface area contributed by atoms with Gasteiger partial charge in [-0.2, -0.15) is 0 Å². The van der Waals surface area contributed by atoms with Crippen molar-refractivity contribution in [1.29, 1.82) is 0 Å². The summed E-state index contributed by atoms with van der Waals surface area (Å²) in [6.45, 7) is 3.42. The minimum absolute atomic E-state index is 0.129. The number of rotatable bonds is 14. The van der Waals surface area contributed by atoms with E-state index >= 15 is 0 Å². The van der Waals surface area contributed by atoms with E-state index in [-0.39, 0.29) is 10.6 Å². The monoisotopic (exact) mass is 575 g/mol. The topological polar surface area (TPSA) is 85.4 Å². The molecule has 4 saturated carbocycles. The van der Waals surface area contributed by atoms with E-state index in [0.717, 1.165) is 86.3 Å². The van der Waals surface area contributed by atoms with E-state index in [1.54, 1.807) is 6.07 Å². The second kappa shape index (κ2) is 12.7.